The molecule has 228 valence electrons. The van der Waals surface area contributed by atoms with E-state index >= 15 is 0 Å². The van der Waals surface area contributed by atoms with Gasteiger partial charge in [0, 0.05) is 23.3 Å². The summed E-state index contributed by atoms with van der Waals surface area (Å²) in [7, 11) is 0. The monoisotopic (exact) mass is 583 g/mol. The van der Waals surface area contributed by atoms with Crippen LogP contribution in [0.4, 0.5) is 0 Å². The fourth-order valence-corrected chi connectivity index (χ4v) is 5.18. The van der Waals surface area contributed by atoms with Crippen molar-refractivity contribution in [2.24, 2.45) is 5.92 Å². The molecule has 2 atom stereocenters. The van der Waals surface area contributed by atoms with Gasteiger partial charge >= 0.3 is 0 Å². The number of aromatic nitrogens is 3. The molecule has 0 saturated carbocycles. The van der Waals surface area contributed by atoms with Gasteiger partial charge in [-0.25, -0.2) is 15.0 Å². The van der Waals surface area contributed by atoms with E-state index in [1.165, 1.54) is 0 Å². The summed E-state index contributed by atoms with van der Waals surface area (Å²) in [6, 6.07) is 15.6. The van der Waals surface area contributed by atoms with Gasteiger partial charge in [0.1, 0.15) is 29.4 Å². The quantitative estimate of drug-likeness (QED) is 0.164. The third-order valence-electron chi connectivity index (χ3n) is 7.67. The standard InChI is InChI=1S/C36H45N3O4/c1-8-10-11-27(9-2)21-42-28-18-31(41)33(32(19-28)43-20-26(7)40)36-38-34(29-14-12-22(3)16-24(29)5)37-35(39-36)30-15-13-23(4)17-25(30)6/h12-19,26-27,40-41H,8-11,20-21H2,1-7H3. The van der Waals surface area contributed by atoms with Crippen LogP contribution in [0.25, 0.3) is 34.2 Å². The topological polar surface area (TPSA) is 97.6 Å². The van der Waals surface area contributed by atoms with Crippen molar-refractivity contribution in [2.75, 3.05) is 13.2 Å². The van der Waals surface area contributed by atoms with Crippen LogP contribution in [0.15, 0.2) is 48.5 Å². The molecule has 0 bridgehead atoms. The Balaban J connectivity index is 1.87. The second-order valence-electron chi connectivity index (χ2n) is 11.6. The molecule has 0 aliphatic rings. The number of hydrogen-bond acceptors (Lipinski definition) is 7. The van der Waals surface area contributed by atoms with E-state index in [0.29, 0.717) is 41.2 Å². The third-order valence-corrected chi connectivity index (χ3v) is 7.67. The van der Waals surface area contributed by atoms with Crippen LogP contribution in [0.5, 0.6) is 17.2 Å². The summed E-state index contributed by atoms with van der Waals surface area (Å²) in [5.41, 5.74) is 6.45. The minimum atomic E-state index is -0.715. The van der Waals surface area contributed by atoms with Gasteiger partial charge in [0.15, 0.2) is 17.5 Å². The SMILES string of the molecule is CCCCC(CC)COc1cc(O)c(-c2nc(-c3ccc(C)cc3C)nc(-c3ccc(C)cc3C)n2)c(OCC(C)O)c1. The average molecular weight is 584 g/mol. The van der Waals surface area contributed by atoms with E-state index < -0.39 is 6.10 Å². The predicted octanol–water partition coefficient (Wildman–Crippen LogP) is 8.17. The van der Waals surface area contributed by atoms with Crippen molar-refractivity contribution in [3.63, 3.8) is 0 Å². The number of aliphatic hydroxyl groups is 1. The van der Waals surface area contributed by atoms with Gasteiger partial charge in [0.2, 0.25) is 0 Å². The molecule has 0 spiro atoms. The number of phenols is 1. The number of nitrogens with zero attached hydrogens (tertiary/aromatic N) is 3. The molecule has 2 N–H and O–H groups in total. The molecule has 43 heavy (non-hydrogen) atoms. The van der Waals surface area contributed by atoms with E-state index in [1.807, 2.05) is 38.1 Å². The van der Waals surface area contributed by atoms with Crippen LogP contribution in [-0.2, 0) is 0 Å². The van der Waals surface area contributed by atoms with Crippen LogP contribution < -0.4 is 9.47 Å². The van der Waals surface area contributed by atoms with E-state index in [-0.39, 0.29) is 18.2 Å². The van der Waals surface area contributed by atoms with Crippen molar-refractivity contribution in [3.8, 4) is 51.4 Å². The Hall–Kier alpha value is -3.97. The maximum Gasteiger partial charge on any atom is 0.171 e. The number of aromatic hydroxyl groups is 1. The molecule has 0 amide bonds. The maximum absolute atomic E-state index is 11.4. The molecule has 2 unspecified atom stereocenters. The van der Waals surface area contributed by atoms with Crippen molar-refractivity contribution >= 4 is 0 Å². The highest BCUT2D eigenvalue weighted by Gasteiger charge is 2.22. The summed E-state index contributed by atoms with van der Waals surface area (Å²) in [5, 5.41) is 21.5. The average Bonchev–Trinajstić information content (AvgIpc) is 2.95. The van der Waals surface area contributed by atoms with Crippen molar-refractivity contribution in [1.29, 1.82) is 0 Å². The Kier molecular flexibility index (Phi) is 10.8. The lowest BCUT2D eigenvalue weighted by atomic mass is 10.0. The number of rotatable bonds is 13. The number of benzene rings is 3. The van der Waals surface area contributed by atoms with Gasteiger partial charge in [0.05, 0.1) is 12.7 Å². The lowest BCUT2D eigenvalue weighted by molar-refractivity contribution is 0.122. The number of ether oxygens (including phenoxy) is 2. The Morgan fingerprint density at radius 3 is 1.84 bits per heavy atom. The van der Waals surface area contributed by atoms with Crippen molar-refractivity contribution in [1.82, 2.24) is 15.0 Å². The molecule has 0 radical (unpaired) electrons. The number of phenolic OH excluding ortho intramolecular Hbond substituents is 1. The summed E-state index contributed by atoms with van der Waals surface area (Å²) in [5.74, 6) is 2.47. The molecule has 4 aromatic rings. The van der Waals surface area contributed by atoms with E-state index in [0.717, 1.165) is 59.1 Å². The van der Waals surface area contributed by atoms with Crippen molar-refractivity contribution in [2.45, 2.75) is 80.3 Å². The zero-order valence-electron chi connectivity index (χ0n) is 26.6. The minimum Gasteiger partial charge on any atom is -0.507 e. The highest BCUT2D eigenvalue weighted by molar-refractivity contribution is 5.76. The number of unbranched alkanes of at least 4 members (excludes halogenated alkanes) is 1. The summed E-state index contributed by atoms with van der Waals surface area (Å²) in [6.07, 6.45) is 3.69. The Bertz CT molecular complexity index is 1480. The zero-order valence-corrected chi connectivity index (χ0v) is 26.6. The van der Waals surface area contributed by atoms with Crippen molar-refractivity contribution < 1.29 is 19.7 Å². The first kappa shape index (κ1) is 32.0. The first-order chi connectivity index (χ1) is 20.6. The van der Waals surface area contributed by atoms with Gasteiger partial charge in [-0.05, 0) is 58.1 Å². The molecule has 7 nitrogen and oxygen atoms in total. The van der Waals surface area contributed by atoms with E-state index in [9.17, 15) is 10.2 Å². The Labute approximate surface area is 256 Å². The number of hydrogen-bond donors (Lipinski definition) is 2. The second-order valence-corrected chi connectivity index (χ2v) is 11.6. The first-order valence-electron chi connectivity index (χ1n) is 15.3. The zero-order chi connectivity index (χ0) is 31.1. The van der Waals surface area contributed by atoms with Crippen molar-refractivity contribution in [3.05, 3.63) is 70.8 Å². The fraction of sp³-hybridized carbons (Fsp3) is 0.417. The smallest absolute Gasteiger partial charge is 0.171 e. The lowest BCUT2D eigenvalue weighted by Crippen LogP contribution is -2.14. The maximum atomic E-state index is 11.4. The fourth-order valence-electron chi connectivity index (χ4n) is 5.18. The summed E-state index contributed by atoms with van der Waals surface area (Å²) in [4.78, 5) is 14.6. The van der Waals surface area contributed by atoms with Gasteiger partial charge in [-0.2, -0.15) is 0 Å². The van der Waals surface area contributed by atoms with Crippen LogP contribution in [0.3, 0.4) is 0 Å². The minimum absolute atomic E-state index is 0.0307. The van der Waals surface area contributed by atoms with Gasteiger partial charge in [-0.1, -0.05) is 80.6 Å². The highest BCUT2D eigenvalue weighted by Crippen LogP contribution is 2.41. The predicted molar refractivity (Wildman–Crippen MR) is 173 cm³/mol. The first-order valence-corrected chi connectivity index (χ1v) is 15.3. The Morgan fingerprint density at radius 1 is 0.744 bits per heavy atom. The largest absolute Gasteiger partial charge is 0.507 e. The molecule has 0 saturated heterocycles. The molecule has 0 aliphatic heterocycles. The van der Waals surface area contributed by atoms with Crippen LogP contribution in [0.2, 0.25) is 0 Å². The summed E-state index contributed by atoms with van der Waals surface area (Å²) < 4.78 is 12.2. The second kappa shape index (κ2) is 14.5. The number of aliphatic hydroxyl groups excluding tert-OH is 1. The lowest BCUT2D eigenvalue weighted by Gasteiger charge is -2.19. The molecule has 1 aromatic heterocycles. The molecular weight excluding hydrogens is 538 g/mol. The van der Waals surface area contributed by atoms with Gasteiger partial charge in [0.25, 0.3) is 0 Å². The molecule has 1 heterocycles. The summed E-state index contributed by atoms with van der Waals surface area (Å²) >= 11 is 0. The van der Waals surface area contributed by atoms with Crippen LogP contribution in [0, 0.1) is 33.6 Å². The van der Waals surface area contributed by atoms with E-state index in [2.05, 4.69) is 39.8 Å². The summed E-state index contributed by atoms with van der Waals surface area (Å²) in [6.45, 7) is 14.8. The van der Waals surface area contributed by atoms with Gasteiger partial charge in [-0.15, -0.1) is 0 Å². The van der Waals surface area contributed by atoms with E-state index in [1.54, 1.807) is 19.1 Å². The number of aryl methyl sites for hydroxylation is 4. The molecular formula is C36H45N3O4. The van der Waals surface area contributed by atoms with Gasteiger partial charge < -0.3 is 19.7 Å². The van der Waals surface area contributed by atoms with Crippen LogP contribution in [0.1, 0.15) is 68.7 Å². The molecule has 4 rings (SSSR count). The molecule has 3 aromatic carbocycles. The molecule has 0 fully saturated rings. The normalized spacial score (nSPS) is 12.7. The molecule has 7 heteroatoms. The van der Waals surface area contributed by atoms with E-state index in [4.69, 9.17) is 24.4 Å². The highest BCUT2D eigenvalue weighted by atomic mass is 16.5. The van der Waals surface area contributed by atoms with Crippen LogP contribution in [-0.4, -0.2) is 44.5 Å². The van der Waals surface area contributed by atoms with Gasteiger partial charge in [-0.3, -0.25) is 0 Å². The third kappa shape index (κ3) is 8.11. The Morgan fingerprint density at radius 2 is 1.33 bits per heavy atom. The molecule has 0 aliphatic carbocycles. The van der Waals surface area contributed by atoms with Crippen LogP contribution >= 0.6 is 0 Å².